The van der Waals surface area contributed by atoms with Crippen molar-refractivity contribution >= 4 is 17.8 Å². The molecule has 1 aliphatic heterocycles. The molecule has 1 saturated carbocycles. The van der Waals surface area contributed by atoms with Crippen molar-refractivity contribution in [2.45, 2.75) is 64.5 Å². The number of fused-ring (bicyclic) bond motifs is 1. The number of ether oxygens (including phenoxy) is 1. The number of benzene rings is 1. The number of halogens is 1. The van der Waals surface area contributed by atoms with Crippen LogP contribution in [0.1, 0.15) is 67.8 Å². The predicted octanol–water partition coefficient (Wildman–Crippen LogP) is 3.48. The number of rotatable bonds is 5. The highest BCUT2D eigenvalue weighted by Gasteiger charge is 2.29. The number of carbonyl (C=O) groups excluding carboxylic acids is 2. The summed E-state index contributed by atoms with van der Waals surface area (Å²) in [6.45, 7) is 2.32. The van der Waals surface area contributed by atoms with Crippen molar-refractivity contribution in [1.82, 2.24) is 4.90 Å². The molecule has 0 radical (unpaired) electrons. The highest BCUT2D eigenvalue weighted by molar-refractivity contribution is 5.98. The molecule has 3 rings (SSSR count). The minimum absolute atomic E-state index is 0.00231. The highest BCUT2D eigenvalue weighted by Crippen LogP contribution is 2.29. The molecule has 1 atom stereocenters. The fourth-order valence-electron chi connectivity index (χ4n) is 3.66. The van der Waals surface area contributed by atoms with Gasteiger partial charge in [-0.2, -0.15) is 0 Å². The average molecular weight is 409 g/mol. The molecule has 2 aliphatic rings. The SMILES string of the molecule is CN1Cc2ccc(O)c(F)c2C1=O.C[C@@H](OC(=O)CCC(=O)O)C1CCCCC1. The lowest BCUT2D eigenvalue weighted by Gasteiger charge is -2.27. The van der Waals surface area contributed by atoms with Crippen LogP contribution >= 0.6 is 0 Å². The summed E-state index contributed by atoms with van der Waals surface area (Å²) in [5.74, 6) is -2.54. The maximum Gasteiger partial charge on any atom is 0.306 e. The number of hydrogen-bond acceptors (Lipinski definition) is 5. The van der Waals surface area contributed by atoms with Crippen LogP contribution in [0.2, 0.25) is 0 Å². The Kier molecular flexibility index (Phi) is 7.99. The number of aromatic hydroxyl groups is 1. The minimum atomic E-state index is -0.956. The molecule has 0 aromatic heterocycles. The smallest absolute Gasteiger partial charge is 0.306 e. The molecule has 0 spiro atoms. The number of amides is 1. The van der Waals surface area contributed by atoms with Crippen molar-refractivity contribution < 1.29 is 33.7 Å². The van der Waals surface area contributed by atoms with Crippen LogP contribution in [0, 0.1) is 11.7 Å². The summed E-state index contributed by atoms with van der Waals surface area (Å²) in [6.07, 6.45) is 5.70. The predicted molar refractivity (Wildman–Crippen MR) is 103 cm³/mol. The second-order valence-electron chi connectivity index (χ2n) is 7.58. The third kappa shape index (κ3) is 6.17. The summed E-state index contributed by atoms with van der Waals surface area (Å²) in [5.41, 5.74) is 0.630. The van der Waals surface area contributed by atoms with Crippen LogP contribution in [0.5, 0.6) is 5.75 Å². The normalized spacial score (nSPS) is 17.2. The van der Waals surface area contributed by atoms with Gasteiger partial charge in [0.05, 0.1) is 18.4 Å². The number of aliphatic carboxylic acids is 1. The molecular formula is C21H28FNO6. The van der Waals surface area contributed by atoms with E-state index < -0.39 is 17.5 Å². The molecule has 1 aromatic carbocycles. The largest absolute Gasteiger partial charge is 0.505 e. The molecule has 1 aromatic rings. The van der Waals surface area contributed by atoms with Gasteiger partial charge in [-0.25, -0.2) is 4.39 Å². The Bertz CT molecular complexity index is 760. The molecule has 0 bridgehead atoms. The van der Waals surface area contributed by atoms with Crippen molar-refractivity contribution in [3.8, 4) is 5.75 Å². The van der Waals surface area contributed by atoms with Crippen molar-refractivity contribution in [2.75, 3.05) is 7.05 Å². The number of carboxylic acid groups (broad SMARTS) is 1. The molecule has 1 heterocycles. The van der Waals surface area contributed by atoms with E-state index in [4.69, 9.17) is 14.9 Å². The van der Waals surface area contributed by atoms with Gasteiger partial charge in [0, 0.05) is 13.6 Å². The van der Waals surface area contributed by atoms with Crippen molar-refractivity contribution in [3.63, 3.8) is 0 Å². The highest BCUT2D eigenvalue weighted by atomic mass is 19.1. The van der Waals surface area contributed by atoms with Crippen molar-refractivity contribution in [1.29, 1.82) is 0 Å². The lowest BCUT2D eigenvalue weighted by molar-refractivity contribution is -0.154. The van der Waals surface area contributed by atoms with Gasteiger partial charge in [0.15, 0.2) is 11.6 Å². The molecular weight excluding hydrogens is 381 g/mol. The van der Waals surface area contributed by atoms with E-state index in [-0.39, 0.29) is 36.4 Å². The summed E-state index contributed by atoms with van der Waals surface area (Å²) in [4.78, 5) is 34.4. The second-order valence-corrected chi connectivity index (χ2v) is 7.58. The van der Waals surface area contributed by atoms with Crippen LogP contribution in [0.4, 0.5) is 4.39 Å². The number of hydrogen-bond donors (Lipinski definition) is 2. The first-order valence-electron chi connectivity index (χ1n) is 9.87. The maximum atomic E-state index is 13.2. The zero-order chi connectivity index (χ0) is 21.6. The van der Waals surface area contributed by atoms with Gasteiger partial charge in [0.2, 0.25) is 0 Å². The fourth-order valence-corrected chi connectivity index (χ4v) is 3.66. The number of carbonyl (C=O) groups is 3. The van der Waals surface area contributed by atoms with E-state index >= 15 is 0 Å². The molecule has 7 nitrogen and oxygen atoms in total. The number of phenolic OH excluding ortho intramolecular Hbond substituents is 1. The van der Waals surface area contributed by atoms with Crippen LogP contribution in [0.3, 0.4) is 0 Å². The fraction of sp³-hybridized carbons (Fsp3) is 0.571. The van der Waals surface area contributed by atoms with Crippen molar-refractivity contribution in [2.24, 2.45) is 5.92 Å². The second kappa shape index (κ2) is 10.2. The molecule has 29 heavy (non-hydrogen) atoms. The summed E-state index contributed by atoms with van der Waals surface area (Å²) in [7, 11) is 1.60. The quantitative estimate of drug-likeness (QED) is 0.722. The van der Waals surface area contributed by atoms with E-state index in [0.717, 1.165) is 12.8 Å². The van der Waals surface area contributed by atoms with E-state index in [0.29, 0.717) is 18.0 Å². The van der Waals surface area contributed by atoms with Gasteiger partial charge in [0.25, 0.3) is 5.91 Å². The number of carboxylic acids is 1. The zero-order valence-electron chi connectivity index (χ0n) is 16.8. The Balaban J connectivity index is 0.000000211. The Labute approximate surface area is 169 Å². The maximum absolute atomic E-state index is 13.2. The van der Waals surface area contributed by atoms with Crippen LogP contribution in [-0.2, 0) is 20.9 Å². The molecule has 2 N–H and O–H groups in total. The van der Waals surface area contributed by atoms with E-state index in [1.54, 1.807) is 13.1 Å². The molecule has 1 amide bonds. The zero-order valence-corrected chi connectivity index (χ0v) is 16.8. The average Bonchev–Trinajstić information content (AvgIpc) is 2.99. The number of esters is 1. The lowest BCUT2D eigenvalue weighted by Crippen LogP contribution is -2.26. The third-order valence-corrected chi connectivity index (χ3v) is 5.35. The third-order valence-electron chi connectivity index (χ3n) is 5.35. The summed E-state index contributed by atoms with van der Waals surface area (Å²) < 4.78 is 18.5. The van der Waals surface area contributed by atoms with Crippen LogP contribution in [0.15, 0.2) is 12.1 Å². The van der Waals surface area contributed by atoms with E-state index in [2.05, 4.69) is 0 Å². The summed E-state index contributed by atoms with van der Waals surface area (Å²) >= 11 is 0. The Morgan fingerprint density at radius 1 is 1.24 bits per heavy atom. The van der Waals surface area contributed by atoms with Gasteiger partial charge in [0.1, 0.15) is 6.10 Å². The van der Waals surface area contributed by atoms with Gasteiger partial charge < -0.3 is 19.8 Å². The molecule has 1 aliphatic carbocycles. The van der Waals surface area contributed by atoms with Crippen LogP contribution in [-0.4, -0.2) is 46.1 Å². The molecule has 160 valence electrons. The van der Waals surface area contributed by atoms with Gasteiger partial charge in [-0.15, -0.1) is 0 Å². The van der Waals surface area contributed by atoms with Gasteiger partial charge >= 0.3 is 11.9 Å². The van der Waals surface area contributed by atoms with Crippen LogP contribution < -0.4 is 0 Å². The summed E-state index contributed by atoms with van der Waals surface area (Å²) in [6, 6.07) is 2.83. The Hall–Kier alpha value is -2.64. The Morgan fingerprint density at radius 3 is 2.52 bits per heavy atom. The van der Waals surface area contributed by atoms with Crippen LogP contribution in [0.25, 0.3) is 0 Å². The molecule has 0 unspecified atom stereocenters. The van der Waals surface area contributed by atoms with Gasteiger partial charge in [-0.3, -0.25) is 14.4 Å². The summed E-state index contributed by atoms with van der Waals surface area (Å²) in [5, 5.41) is 17.5. The first-order chi connectivity index (χ1) is 13.7. The van der Waals surface area contributed by atoms with Gasteiger partial charge in [-0.1, -0.05) is 25.3 Å². The topological polar surface area (TPSA) is 104 Å². The van der Waals surface area contributed by atoms with Gasteiger partial charge in [-0.05, 0) is 37.3 Å². The molecule has 0 saturated heterocycles. The first kappa shape index (κ1) is 22.6. The Morgan fingerprint density at radius 2 is 1.90 bits per heavy atom. The molecule has 1 fully saturated rings. The lowest BCUT2D eigenvalue weighted by atomic mass is 9.86. The number of phenols is 1. The van der Waals surface area contributed by atoms with E-state index in [1.807, 2.05) is 6.92 Å². The van der Waals surface area contributed by atoms with Crippen molar-refractivity contribution in [3.05, 3.63) is 29.1 Å². The molecule has 8 heteroatoms. The van der Waals surface area contributed by atoms with E-state index in [1.165, 1.54) is 30.2 Å². The number of nitrogens with zero attached hydrogens (tertiary/aromatic N) is 1. The van der Waals surface area contributed by atoms with E-state index in [9.17, 15) is 18.8 Å². The first-order valence-corrected chi connectivity index (χ1v) is 9.87. The minimum Gasteiger partial charge on any atom is -0.505 e. The monoisotopic (exact) mass is 409 g/mol. The standard InChI is InChI=1S/C12H20O4.C9H8FNO2/c1-9(10-5-3-2-4-6-10)16-12(15)8-7-11(13)14;1-11-4-5-2-3-6(12)8(10)7(5)9(11)13/h9-10H,2-8H2,1H3,(H,13,14);2-3,12H,4H2,1H3/t9-;/m1./s1.